The number of rotatable bonds is 4. The molecule has 0 aliphatic heterocycles. The summed E-state index contributed by atoms with van der Waals surface area (Å²) in [4.78, 5) is 1.19. The lowest BCUT2D eigenvalue weighted by atomic mass is 10.1. The van der Waals surface area contributed by atoms with Gasteiger partial charge in [-0.05, 0) is 48.2 Å². The molecule has 1 heterocycles. The lowest BCUT2D eigenvalue weighted by Crippen LogP contribution is -2.14. The van der Waals surface area contributed by atoms with Crippen LogP contribution in [0.3, 0.4) is 0 Å². The van der Waals surface area contributed by atoms with Gasteiger partial charge in [0.2, 0.25) is 0 Å². The quantitative estimate of drug-likeness (QED) is 0.895. The first-order chi connectivity index (χ1) is 8.20. The van der Waals surface area contributed by atoms with E-state index in [1.165, 1.54) is 10.4 Å². The molecular formula is C13H14BrNOS. The summed E-state index contributed by atoms with van der Waals surface area (Å²) < 4.78 is 1.05. The van der Waals surface area contributed by atoms with Crippen molar-refractivity contribution in [3.05, 3.63) is 50.6 Å². The molecule has 0 radical (unpaired) electrons. The number of hydrogen-bond acceptors (Lipinski definition) is 3. The predicted octanol–water partition coefficient (Wildman–Crippen LogP) is 3.96. The van der Waals surface area contributed by atoms with Crippen LogP contribution in [0.25, 0.3) is 0 Å². The van der Waals surface area contributed by atoms with Gasteiger partial charge in [-0.2, -0.15) is 0 Å². The van der Waals surface area contributed by atoms with Gasteiger partial charge in [0.25, 0.3) is 0 Å². The summed E-state index contributed by atoms with van der Waals surface area (Å²) in [5, 5.41) is 14.9. The highest BCUT2D eigenvalue weighted by Crippen LogP contribution is 2.27. The molecule has 1 atom stereocenters. The van der Waals surface area contributed by atoms with Crippen molar-refractivity contribution in [3.8, 4) is 0 Å². The van der Waals surface area contributed by atoms with Crippen molar-refractivity contribution in [3.63, 3.8) is 0 Å². The highest BCUT2D eigenvalue weighted by molar-refractivity contribution is 9.10. The average molecular weight is 312 g/mol. The monoisotopic (exact) mass is 311 g/mol. The lowest BCUT2D eigenvalue weighted by molar-refractivity contribution is 0.277. The number of halogens is 1. The van der Waals surface area contributed by atoms with Crippen LogP contribution < -0.4 is 5.32 Å². The normalized spacial score (nSPS) is 12.4. The largest absolute Gasteiger partial charge is 0.394 e. The molecule has 4 heteroatoms. The molecule has 17 heavy (non-hydrogen) atoms. The van der Waals surface area contributed by atoms with Crippen LogP contribution >= 0.6 is 27.3 Å². The first-order valence-corrected chi connectivity index (χ1v) is 7.05. The van der Waals surface area contributed by atoms with Crippen molar-refractivity contribution in [1.29, 1.82) is 0 Å². The Morgan fingerprint density at radius 1 is 1.29 bits per heavy atom. The lowest BCUT2D eigenvalue weighted by Gasteiger charge is -2.17. The molecule has 0 saturated carbocycles. The van der Waals surface area contributed by atoms with E-state index in [0.29, 0.717) is 0 Å². The minimum atomic E-state index is -0.0313. The van der Waals surface area contributed by atoms with Crippen LogP contribution in [0, 0.1) is 6.92 Å². The van der Waals surface area contributed by atoms with E-state index < -0.39 is 0 Å². The molecule has 2 aromatic rings. The molecule has 1 aromatic carbocycles. The van der Waals surface area contributed by atoms with E-state index in [2.05, 4.69) is 39.6 Å². The maximum Gasteiger partial charge on any atom is 0.0840 e. The Morgan fingerprint density at radius 2 is 2.00 bits per heavy atom. The average Bonchev–Trinajstić information content (AvgIpc) is 2.75. The first-order valence-electron chi connectivity index (χ1n) is 5.37. The zero-order chi connectivity index (χ0) is 12.3. The van der Waals surface area contributed by atoms with Crippen molar-refractivity contribution < 1.29 is 5.11 Å². The smallest absolute Gasteiger partial charge is 0.0840 e. The minimum Gasteiger partial charge on any atom is -0.394 e. The number of aryl methyl sites for hydroxylation is 1. The van der Waals surface area contributed by atoms with Crippen LogP contribution in [0.15, 0.2) is 40.2 Å². The Balaban J connectivity index is 2.16. The molecule has 0 aliphatic rings. The van der Waals surface area contributed by atoms with Gasteiger partial charge >= 0.3 is 0 Å². The van der Waals surface area contributed by atoms with Gasteiger partial charge in [0, 0.05) is 15.0 Å². The number of benzene rings is 1. The van der Waals surface area contributed by atoms with Gasteiger partial charge in [-0.15, -0.1) is 11.3 Å². The van der Waals surface area contributed by atoms with Gasteiger partial charge in [0.1, 0.15) is 0 Å². The zero-order valence-corrected chi connectivity index (χ0v) is 11.9. The fourth-order valence-electron chi connectivity index (χ4n) is 1.68. The van der Waals surface area contributed by atoms with Gasteiger partial charge in [-0.3, -0.25) is 0 Å². The Kier molecular flexibility index (Phi) is 4.20. The third-order valence-electron chi connectivity index (χ3n) is 2.59. The van der Waals surface area contributed by atoms with Crippen molar-refractivity contribution >= 4 is 33.0 Å². The van der Waals surface area contributed by atoms with E-state index in [4.69, 9.17) is 0 Å². The molecule has 2 N–H and O–H groups in total. The van der Waals surface area contributed by atoms with Gasteiger partial charge in [0.15, 0.2) is 0 Å². The van der Waals surface area contributed by atoms with Gasteiger partial charge in [-0.1, -0.05) is 15.9 Å². The molecule has 0 bridgehead atoms. The Labute approximate surface area is 113 Å². The Morgan fingerprint density at radius 3 is 2.53 bits per heavy atom. The second kappa shape index (κ2) is 5.67. The molecule has 0 amide bonds. The van der Waals surface area contributed by atoms with Crippen LogP contribution in [-0.2, 0) is 0 Å². The minimum absolute atomic E-state index is 0.0313. The van der Waals surface area contributed by atoms with E-state index in [0.717, 1.165) is 10.2 Å². The predicted molar refractivity (Wildman–Crippen MR) is 76.6 cm³/mol. The summed E-state index contributed by atoms with van der Waals surface area (Å²) in [7, 11) is 0. The summed E-state index contributed by atoms with van der Waals surface area (Å²) in [6.45, 7) is 2.16. The molecule has 1 aromatic heterocycles. The SMILES string of the molecule is Cc1ccsc1C(CO)Nc1ccc(Br)cc1. The molecule has 1 unspecified atom stereocenters. The second-order valence-corrected chi connectivity index (χ2v) is 5.72. The van der Waals surface area contributed by atoms with E-state index in [-0.39, 0.29) is 12.6 Å². The van der Waals surface area contributed by atoms with E-state index >= 15 is 0 Å². The maximum atomic E-state index is 9.47. The number of aliphatic hydroxyl groups is 1. The van der Waals surface area contributed by atoms with Crippen molar-refractivity contribution in [1.82, 2.24) is 0 Å². The Bertz CT molecular complexity index is 480. The molecule has 0 spiro atoms. The fraction of sp³-hybridized carbons (Fsp3) is 0.231. The van der Waals surface area contributed by atoms with Crippen molar-refractivity contribution in [2.75, 3.05) is 11.9 Å². The molecule has 0 aliphatic carbocycles. The van der Waals surface area contributed by atoms with Gasteiger partial charge in [0.05, 0.1) is 12.6 Å². The topological polar surface area (TPSA) is 32.3 Å². The van der Waals surface area contributed by atoms with Gasteiger partial charge < -0.3 is 10.4 Å². The Hall–Kier alpha value is -0.840. The number of anilines is 1. The summed E-state index contributed by atoms with van der Waals surface area (Å²) >= 11 is 5.08. The van der Waals surface area contributed by atoms with E-state index in [1.54, 1.807) is 11.3 Å². The summed E-state index contributed by atoms with van der Waals surface area (Å²) in [5.74, 6) is 0. The van der Waals surface area contributed by atoms with Crippen LogP contribution in [0.5, 0.6) is 0 Å². The molecular weight excluding hydrogens is 298 g/mol. The van der Waals surface area contributed by atoms with Gasteiger partial charge in [-0.25, -0.2) is 0 Å². The van der Waals surface area contributed by atoms with Crippen molar-refractivity contribution in [2.45, 2.75) is 13.0 Å². The summed E-state index contributed by atoms with van der Waals surface area (Å²) in [5.41, 5.74) is 2.23. The highest BCUT2D eigenvalue weighted by atomic mass is 79.9. The van der Waals surface area contributed by atoms with Crippen LogP contribution in [0.4, 0.5) is 5.69 Å². The number of thiophene rings is 1. The molecule has 90 valence electrons. The maximum absolute atomic E-state index is 9.47. The number of nitrogens with one attached hydrogen (secondary N) is 1. The molecule has 0 saturated heterocycles. The van der Waals surface area contributed by atoms with E-state index in [9.17, 15) is 5.11 Å². The molecule has 2 rings (SSSR count). The van der Waals surface area contributed by atoms with Crippen LogP contribution in [0.2, 0.25) is 0 Å². The van der Waals surface area contributed by atoms with Crippen LogP contribution in [0.1, 0.15) is 16.5 Å². The van der Waals surface area contributed by atoms with E-state index in [1.807, 2.05) is 24.3 Å². The standard InChI is InChI=1S/C13H14BrNOS/c1-9-6-7-17-13(9)12(8-16)15-11-4-2-10(14)3-5-11/h2-7,12,15-16H,8H2,1H3. The zero-order valence-electron chi connectivity index (χ0n) is 9.48. The number of aliphatic hydroxyl groups excluding tert-OH is 1. The molecule has 0 fully saturated rings. The summed E-state index contributed by atoms with van der Waals surface area (Å²) in [6, 6.07) is 10.0. The third-order valence-corrected chi connectivity index (χ3v) is 4.25. The second-order valence-electron chi connectivity index (χ2n) is 3.85. The number of hydrogen-bond donors (Lipinski definition) is 2. The fourth-order valence-corrected chi connectivity index (χ4v) is 2.92. The van der Waals surface area contributed by atoms with Crippen molar-refractivity contribution in [2.24, 2.45) is 0 Å². The summed E-state index contributed by atoms with van der Waals surface area (Å²) in [6.07, 6.45) is 0. The highest BCUT2D eigenvalue weighted by Gasteiger charge is 2.13. The first kappa shape index (κ1) is 12.6. The third kappa shape index (κ3) is 3.09. The van der Waals surface area contributed by atoms with Crippen LogP contribution in [-0.4, -0.2) is 11.7 Å². The molecule has 2 nitrogen and oxygen atoms in total.